The lowest BCUT2D eigenvalue weighted by Gasteiger charge is -2.27. The molecule has 1 aliphatic carbocycles. The van der Waals surface area contributed by atoms with Gasteiger partial charge in [0.05, 0.1) is 9.26 Å². The lowest BCUT2D eigenvalue weighted by Crippen LogP contribution is -2.31. The van der Waals surface area contributed by atoms with Gasteiger partial charge in [-0.25, -0.2) is 4.98 Å². The van der Waals surface area contributed by atoms with Crippen molar-refractivity contribution in [1.29, 1.82) is 0 Å². The van der Waals surface area contributed by atoms with Crippen LogP contribution < -0.4 is 10.2 Å². The summed E-state index contributed by atoms with van der Waals surface area (Å²) in [7, 11) is 0. The Balaban J connectivity index is 1.93. The maximum Gasteiger partial charge on any atom is 0.227 e. The van der Waals surface area contributed by atoms with Gasteiger partial charge in [0.1, 0.15) is 5.82 Å². The standard InChI is InChI=1S/C14H21IN4/c1-2-16-13-11(15)12(10-6-7-10)17-14(18-13)19-8-4-3-5-9-19/h10H,2-9H2,1H3,(H,16,17,18). The first-order valence-corrected chi connectivity index (χ1v) is 8.43. The van der Waals surface area contributed by atoms with Crippen molar-refractivity contribution in [1.82, 2.24) is 9.97 Å². The van der Waals surface area contributed by atoms with E-state index in [0.29, 0.717) is 5.92 Å². The number of hydrogen-bond acceptors (Lipinski definition) is 4. The summed E-state index contributed by atoms with van der Waals surface area (Å²) in [5.74, 6) is 2.65. The molecule has 1 aromatic rings. The van der Waals surface area contributed by atoms with E-state index in [-0.39, 0.29) is 0 Å². The van der Waals surface area contributed by atoms with Gasteiger partial charge in [-0.1, -0.05) is 0 Å². The minimum absolute atomic E-state index is 0.677. The molecule has 1 N–H and O–H groups in total. The molecule has 1 saturated carbocycles. The summed E-state index contributed by atoms with van der Waals surface area (Å²) in [6.07, 6.45) is 6.46. The smallest absolute Gasteiger partial charge is 0.227 e. The second kappa shape index (κ2) is 5.81. The Bertz CT molecular complexity index is 453. The Morgan fingerprint density at radius 2 is 1.95 bits per heavy atom. The van der Waals surface area contributed by atoms with Gasteiger partial charge in [0.25, 0.3) is 0 Å². The highest BCUT2D eigenvalue weighted by atomic mass is 127. The molecule has 5 heteroatoms. The van der Waals surface area contributed by atoms with Crippen molar-refractivity contribution in [3.05, 3.63) is 9.26 Å². The van der Waals surface area contributed by atoms with E-state index >= 15 is 0 Å². The van der Waals surface area contributed by atoms with Gasteiger partial charge in [-0.2, -0.15) is 4.98 Å². The Morgan fingerprint density at radius 1 is 1.21 bits per heavy atom. The highest BCUT2D eigenvalue weighted by Gasteiger charge is 2.30. The molecule has 0 radical (unpaired) electrons. The van der Waals surface area contributed by atoms with E-state index in [1.165, 1.54) is 41.4 Å². The summed E-state index contributed by atoms with van der Waals surface area (Å²) in [5.41, 5.74) is 1.27. The number of rotatable bonds is 4. The SMILES string of the molecule is CCNc1nc(N2CCCCC2)nc(C2CC2)c1I. The molecular formula is C14H21IN4. The van der Waals surface area contributed by atoms with E-state index in [4.69, 9.17) is 9.97 Å². The van der Waals surface area contributed by atoms with E-state index in [9.17, 15) is 0 Å². The molecule has 0 atom stereocenters. The van der Waals surface area contributed by atoms with Crippen molar-refractivity contribution in [2.75, 3.05) is 29.9 Å². The van der Waals surface area contributed by atoms with Crippen molar-refractivity contribution in [2.24, 2.45) is 0 Å². The zero-order chi connectivity index (χ0) is 13.2. The van der Waals surface area contributed by atoms with Gasteiger partial charge in [0, 0.05) is 25.6 Å². The third-order valence-corrected chi connectivity index (χ3v) is 4.88. The molecule has 0 unspecified atom stereocenters. The average Bonchev–Trinajstić information content (AvgIpc) is 3.27. The van der Waals surface area contributed by atoms with Gasteiger partial charge in [0.2, 0.25) is 5.95 Å². The second-order valence-corrected chi connectivity index (χ2v) is 6.50. The van der Waals surface area contributed by atoms with Crippen LogP contribution in [-0.2, 0) is 0 Å². The topological polar surface area (TPSA) is 41.1 Å². The van der Waals surface area contributed by atoms with E-state index in [0.717, 1.165) is 31.4 Å². The predicted molar refractivity (Wildman–Crippen MR) is 87.0 cm³/mol. The first kappa shape index (κ1) is 13.4. The normalized spacial score (nSPS) is 19.6. The van der Waals surface area contributed by atoms with Crippen LogP contribution in [0.5, 0.6) is 0 Å². The molecule has 4 nitrogen and oxygen atoms in total. The third-order valence-electron chi connectivity index (χ3n) is 3.81. The van der Waals surface area contributed by atoms with Gasteiger partial charge in [-0.05, 0) is 61.6 Å². The molecule has 104 valence electrons. The minimum atomic E-state index is 0.677. The van der Waals surface area contributed by atoms with Gasteiger partial charge < -0.3 is 10.2 Å². The van der Waals surface area contributed by atoms with Crippen molar-refractivity contribution < 1.29 is 0 Å². The molecular weight excluding hydrogens is 351 g/mol. The largest absolute Gasteiger partial charge is 0.369 e. The van der Waals surface area contributed by atoms with Crippen molar-refractivity contribution in [2.45, 2.75) is 44.9 Å². The fourth-order valence-electron chi connectivity index (χ4n) is 2.60. The molecule has 0 amide bonds. The van der Waals surface area contributed by atoms with Gasteiger partial charge in [0.15, 0.2) is 0 Å². The van der Waals surface area contributed by atoms with Gasteiger partial charge >= 0.3 is 0 Å². The van der Waals surface area contributed by atoms with Crippen LogP contribution >= 0.6 is 22.6 Å². The van der Waals surface area contributed by atoms with Crippen LogP contribution in [-0.4, -0.2) is 29.6 Å². The lowest BCUT2D eigenvalue weighted by molar-refractivity contribution is 0.567. The molecule has 2 fully saturated rings. The quantitative estimate of drug-likeness (QED) is 0.823. The highest BCUT2D eigenvalue weighted by Crippen LogP contribution is 2.43. The summed E-state index contributed by atoms with van der Waals surface area (Å²) in [6, 6.07) is 0. The van der Waals surface area contributed by atoms with Crippen LogP contribution in [0.1, 0.15) is 50.6 Å². The van der Waals surface area contributed by atoms with Crippen molar-refractivity contribution in [3.8, 4) is 0 Å². The van der Waals surface area contributed by atoms with E-state index in [1.807, 2.05) is 0 Å². The average molecular weight is 372 g/mol. The van der Waals surface area contributed by atoms with Crippen LogP contribution in [0.25, 0.3) is 0 Å². The summed E-state index contributed by atoms with van der Waals surface area (Å²) in [5, 5.41) is 3.39. The van der Waals surface area contributed by atoms with Crippen molar-refractivity contribution >= 4 is 34.4 Å². The molecule has 1 aliphatic heterocycles. The maximum atomic E-state index is 4.87. The molecule has 0 spiro atoms. The first-order chi connectivity index (χ1) is 9.29. The zero-order valence-electron chi connectivity index (χ0n) is 11.5. The summed E-state index contributed by atoms with van der Waals surface area (Å²) < 4.78 is 1.22. The minimum Gasteiger partial charge on any atom is -0.369 e. The maximum absolute atomic E-state index is 4.87. The molecule has 19 heavy (non-hydrogen) atoms. The van der Waals surface area contributed by atoms with Crippen LogP contribution in [0.2, 0.25) is 0 Å². The lowest BCUT2D eigenvalue weighted by atomic mass is 10.1. The molecule has 3 rings (SSSR count). The number of hydrogen-bond donors (Lipinski definition) is 1. The summed E-state index contributed by atoms with van der Waals surface area (Å²) >= 11 is 2.40. The van der Waals surface area contributed by atoms with Crippen LogP contribution in [0.3, 0.4) is 0 Å². The monoisotopic (exact) mass is 372 g/mol. The number of aromatic nitrogens is 2. The number of anilines is 2. The van der Waals surface area contributed by atoms with Crippen LogP contribution in [0.4, 0.5) is 11.8 Å². The van der Waals surface area contributed by atoms with Crippen LogP contribution in [0, 0.1) is 3.57 Å². The molecule has 2 aliphatic rings. The first-order valence-electron chi connectivity index (χ1n) is 7.36. The Hall–Kier alpha value is -0.590. The second-order valence-electron chi connectivity index (χ2n) is 5.42. The number of halogens is 1. The Labute approximate surface area is 128 Å². The van der Waals surface area contributed by atoms with E-state index in [2.05, 4.69) is 39.7 Å². The van der Waals surface area contributed by atoms with E-state index in [1.54, 1.807) is 0 Å². The fraction of sp³-hybridized carbons (Fsp3) is 0.714. The number of nitrogens with zero attached hydrogens (tertiary/aromatic N) is 3. The highest BCUT2D eigenvalue weighted by molar-refractivity contribution is 14.1. The molecule has 2 heterocycles. The van der Waals surface area contributed by atoms with E-state index < -0.39 is 0 Å². The summed E-state index contributed by atoms with van der Waals surface area (Å²) in [6.45, 7) is 5.25. The van der Waals surface area contributed by atoms with Gasteiger partial charge in [-0.15, -0.1) is 0 Å². The fourth-order valence-corrected chi connectivity index (χ4v) is 3.47. The Kier molecular flexibility index (Phi) is 4.10. The Morgan fingerprint density at radius 3 is 2.58 bits per heavy atom. The molecule has 0 bridgehead atoms. The zero-order valence-corrected chi connectivity index (χ0v) is 13.6. The molecule has 1 aromatic heterocycles. The van der Waals surface area contributed by atoms with Crippen molar-refractivity contribution in [3.63, 3.8) is 0 Å². The number of nitrogens with one attached hydrogen (secondary N) is 1. The third kappa shape index (κ3) is 2.95. The number of piperidine rings is 1. The predicted octanol–water partition coefficient (Wildman–Crippen LogP) is 3.38. The van der Waals surface area contributed by atoms with Crippen LogP contribution in [0.15, 0.2) is 0 Å². The summed E-state index contributed by atoms with van der Waals surface area (Å²) in [4.78, 5) is 12.0. The van der Waals surface area contributed by atoms with Gasteiger partial charge in [-0.3, -0.25) is 0 Å². The molecule has 0 aromatic carbocycles. The molecule has 1 saturated heterocycles.